The summed E-state index contributed by atoms with van der Waals surface area (Å²) in [5, 5.41) is -0.509. The molecule has 2 rings (SSSR count). The van der Waals surface area contributed by atoms with Crippen molar-refractivity contribution in [3.05, 3.63) is 0 Å². The van der Waals surface area contributed by atoms with Crippen LogP contribution in [0.2, 0.25) is 6.04 Å². The molecule has 6 nitrogen and oxygen atoms in total. The Morgan fingerprint density at radius 3 is 2.33 bits per heavy atom. The maximum atomic E-state index is 6.65. The normalized spacial score (nSPS) is 32.6. The van der Waals surface area contributed by atoms with E-state index >= 15 is 0 Å². The Labute approximate surface area is 166 Å². The van der Waals surface area contributed by atoms with Gasteiger partial charge in [0.05, 0.1) is 18.8 Å². The van der Waals surface area contributed by atoms with Crippen LogP contribution in [-0.4, -0.2) is 73.2 Å². The van der Waals surface area contributed by atoms with Crippen molar-refractivity contribution in [1.29, 1.82) is 0 Å². The molecule has 3 unspecified atom stereocenters. The average Bonchev–Trinajstić information content (AvgIpc) is 3.52. The zero-order chi connectivity index (χ0) is 19.8. The monoisotopic (exact) mass is 404 g/mol. The van der Waals surface area contributed by atoms with E-state index < -0.39 is 13.8 Å². The Morgan fingerprint density at radius 1 is 1.04 bits per heavy atom. The maximum Gasteiger partial charge on any atom is 0.373 e. The number of hydrogen-bond donors (Lipinski definition) is 0. The minimum absolute atomic E-state index is 0.310. The highest BCUT2D eigenvalue weighted by Crippen LogP contribution is 2.52. The smallest absolute Gasteiger partial charge is 0.373 e. The first-order valence-electron chi connectivity index (χ1n) is 10.6. The minimum atomic E-state index is -2.60. The fraction of sp³-hybridized carbons (Fsp3) is 1.00. The van der Waals surface area contributed by atoms with Gasteiger partial charge in [0, 0.05) is 34.5 Å². The van der Waals surface area contributed by atoms with E-state index in [9.17, 15) is 0 Å². The fourth-order valence-corrected chi connectivity index (χ4v) is 9.15. The van der Waals surface area contributed by atoms with E-state index in [4.69, 9.17) is 27.8 Å². The Hall–Kier alpha value is -0.0231. The van der Waals surface area contributed by atoms with Gasteiger partial charge in [-0.1, -0.05) is 20.3 Å². The van der Waals surface area contributed by atoms with Gasteiger partial charge in [-0.25, -0.2) is 0 Å². The third-order valence-electron chi connectivity index (χ3n) is 6.21. The summed E-state index contributed by atoms with van der Waals surface area (Å²) in [5.74, 6) is 0. The van der Waals surface area contributed by atoms with Crippen LogP contribution < -0.4 is 0 Å². The first-order valence-corrected chi connectivity index (χ1v) is 12.6. The largest absolute Gasteiger partial charge is 0.396 e. The van der Waals surface area contributed by atoms with E-state index in [2.05, 4.69) is 13.8 Å². The topological polar surface area (TPSA) is 58.7 Å². The van der Waals surface area contributed by atoms with Gasteiger partial charge in [0.1, 0.15) is 11.3 Å². The summed E-state index contributed by atoms with van der Waals surface area (Å²) < 4.78 is 36.3. The molecule has 3 atom stereocenters. The van der Waals surface area contributed by atoms with Crippen LogP contribution in [0.5, 0.6) is 0 Å². The Kier molecular flexibility index (Phi) is 9.19. The molecule has 0 aromatic heterocycles. The van der Waals surface area contributed by atoms with Crippen molar-refractivity contribution in [2.45, 2.75) is 81.8 Å². The highest BCUT2D eigenvalue weighted by atomic mass is 28.4. The Balaban J connectivity index is 2.23. The van der Waals surface area contributed by atoms with Gasteiger partial charge in [-0.2, -0.15) is 0 Å². The second kappa shape index (κ2) is 10.7. The molecule has 0 aromatic rings. The molecular weight excluding hydrogens is 364 g/mol. The molecule has 0 spiro atoms. The van der Waals surface area contributed by atoms with E-state index in [-0.39, 0.29) is 5.60 Å². The quantitative estimate of drug-likeness (QED) is 0.250. The number of hydrogen-bond acceptors (Lipinski definition) is 6. The summed E-state index contributed by atoms with van der Waals surface area (Å²) in [5.41, 5.74) is -0.385. The molecule has 0 radical (unpaired) electrons. The third-order valence-corrected chi connectivity index (χ3v) is 10.7. The molecule has 160 valence electrons. The molecular formula is C20H40O6Si. The van der Waals surface area contributed by atoms with E-state index in [1.807, 2.05) is 7.11 Å². The molecule has 0 saturated carbocycles. The molecule has 27 heavy (non-hydrogen) atoms. The Bertz CT molecular complexity index is 429. The lowest BCUT2D eigenvalue weighted by Gasteiger charge is -2.58. The van der Waals surface area contributed by atoms with Crippen LogP contribution in [0.1, 0.15) is 58.8 Å². The van der Waals surface area contributed by atoms with Gasteiger partial charge in [0.2, 0.25) is 0 Å². The highest BCUT2D eigenvalue weighted by molar-refractivity contribution is 6.71. The van der Waals surface area contributed by atoms with Gasteiger partial charge < -0.3 is 27.8 Å². The molecule has 2 heterocycles. The molecule has 2 aliphatic rings. The summed E-state index contributed by atoms with van der Waals surface area (Å²) in [6.45, 7) is 7.33. The highest BCUT2D eigenvalue weighted by Gasteiger charge is 2.70. The number of rotatable bonds is 14. The van der Waals surface area contributed by atoms with Crippen LogP contribution in [0.4, 0.5) is 0 Å². The summed E-state index contributed by atoms with van der Waals surface area (Å²) >= 11 is 0. The maximum absolute atomic E-state index is 6.65. The first kappa shape index (κ1) is 23.3. The second-order valence-electron chi connectivity index (χ2n) is 7.77. The van der Waals surface area contributed by atoms with Crippen molar-refractivity contribution in [1.82, 2.24) is 0 Å². The van der Waals surface area contributed by atoms with Crippen molar-refractivity contribution in [3.63, 3.8) is 0 Å². The van der Waals surface area contributed by atoms with Crippen LogP contribution in [0.3, 0.4) is 0 Å². The van der Waals surface area contributed by atoms with Crippen LogP contribution in [-0.2, 0) is 27.8 Å². The molecule has 2 fully saturated rings. The van der Waals surface area contributed by atoms with Gasteiger partial charge in [-0.15, -0.1) is 0 Å². The lowest BCUT2D eigenvalue weighted by Crippen LogP contribution is -2.76. The van der Waals surface area contributed by atoms with Gasteiger partial charge in [0.25, 0.3) is 0 Å². The second-order valence-corrected chi connectivity index (χ2v) is 11.4. The van der Waals surface area contributed by atoms with Crippen molar-refractivity contribution < 1.29 is 27.8 Å². The molecule has 0 aliphatic carbocycles. The molecule has 0 bridgehead atoms. The van der Waals surface area contributed by atoms with Gasteiger partial charge >= 0.3 is 8.56 Å². The van der Waals surface area contributed by atoms with Gasteiger partial charge in [0.15, 0.2) is 0 Å². The van der Waals surface area contributed by atoms with Crippen molar-refractivity contribution in [3.8, 4) is 0 Å². The van der Waals surface area contributed by atoms with Crippen molar-refractivity contribution >= 4 is 8.56 Å². The SMILES string of the molecule is CCCOC1(CCCOCC2CO2)CCC[Si](OC)(OC)C1(CCC)OC. The predicted octanol–water partition coefficient (Wildman–Crippen LogP) is 3.60. The lowest BCUT2D eigenvalue weighted by atomic mass is 9.82. The fourth-order valence-electron chi connectivity index (χ4n) is 4.91. The van der Waals surface area contributed by atoms with E-state index in [0.29, 0.717) is 12.7 Å². The van der Waals surface area contributed by atoms with Gasteiger partial charge in [-0.3, -0.25) is 0 Å². The van der Waals surface area contributed by atoms with Crippen LogP contribution in [0.25, 0.3) is 0 Å². The summed E-state index contributed by atoms with van der Waals surface area (Å²) in [4.78, 5) is 0. The average molecular weight is 405 g/mol. The third kappa shape index (κ3) is 4.77. The summed E-state index contributed by atoms with van der Waals surface area (Å²) in [6, 6.07) is 0.945. The summed E-state index contributed by atoms with van der Waals surface area (Å²) in [7, 11) is 2.78. The first-order chi connectivity index (χ1) is 13.1. The number of methoxy groups -OCH3 is 1. The van der Waals surface area contributed by atoms with E-state index in [1.165, 1.54) is 0 Å². The Morgan fingerprint density at radius 2 is 1.78 bits per heavy atom. The van der Waals surface area contributed by atoms with E-state index in [1.54, 1.807) is 14.2 Å². The number of ether oxygens (including phenoxy) is 4. The van der Waals surface area contributed by atoms with Gasteiger partial charge in [-0.05, 0) is 44.6 Å². The van der Waals surface area contributed by atoms with Crippen molar-refractivity contribution in [2.24, 2.45) is 0 Å². The van der Waals surface area contributed by atoms with Crippen LogP contribution in [0.15, 0.2) is 0 Å². The van der Waals surface area contributed by atoms with Crippen LogP contribution in [0, 0.1) is 0 Å². The molecule has 2 saturated heterocycles. The minimum Gasteiger partial charge on any atom is -0.396 e. The van der Waals surface area contributed by atoms with E-state index in [0.717, 1.165) is 70.8 Å². The molecule has 0 aromatic carbocycles. The zero-order valence-electron chi connectivity index (χ0n) is 18.0. The van der Waals surface area contributed by atoms with Crippen molar-refractivity contribution in [2.75, 3.05) is 47.8 Å². The predicted molar refractivity (Wildman–Crippen MR) is 107 cm³/mol. The molecule has 7 heteroatoms. The molecule has 0 amide bonds. The number of epoxide rings is 1. The lowest BCUT2D eigenvalue weighted by molar-refractivity contribution is -0.197. The molecule has 0 N–H and O–H groups in total. The summed E-state index contributed by atoms with van der Waals surface area (Å²) in [6.07, 6.45) is 7.04. The van der Waals surface area contributed by atoms with Crippen LogP contribution >= 0.6 is 0 Å². The molecule has 2 aliphatic heterocycles. The zero-order valence-corrected chi connectivity index (χ0v) is 19.0. The standard InChI is InChI=1S/C20H40O6Si/c1-6-10-20(21-3)19(26-13-7-2,11-8-14-24-16-18-17-25-18)12-9-15-27(20,22-4)23-5/h18H,6-17H2,1-5H3.